The molecular formula is C13H12BrClN2O3S. The molecule has 0 saturated carbocycles. The zero-order chi connectivity index (χ0) is 15.5. The highest BCUT2D eigenvalue weighted by atomic mass is 79.9. The fourth-order valence-electron chi connectivity index (χ4n) is 1.68. The smallest absolute Gasteiger partial charge is 0.244 e. The van der Waals surface area contributed by atoms with Gasteiger partial charge in [0, 0.05) is 11.2 Å². The standard InChI is InChI=1S/C13H12BrClN2O3S/c1-20-13-11(14)6-9(15)7-12(13)21(18,19)17-8-10-4-2-3-5-16-10/h2-7,17H,8H2,1H3. The van der Waals surface area contributed by atoms with Crippen molar-refractivity contribution in [3.05, 3.63) is 51.7 Å². The van der Waals surface area contributed by atoms with E-state index < -0.39 is 10.0 Å². The molecule has 0 fully saturated rings. The molecule has 1 aromatic carbocycles. The first kappa shape index (κ1) is 16.2. The Morgan fingerprint density at radius 3 is 2.76 bits per heavy atom. The van der Waals surface area contributed by atoms with Crippen LogP contribution in [0.2, 0.25) is 5.02 Å². The second-order valence-corrected chi connectivity index (χ2v) is 7.09. The van der Waals surface area contributed by atoms with E-state index in [1.54, 1.807) is 30.5 Å². The van der Waals surface area contributed by atoms with E-state index in [0.29, 0.717) is 15.2 Å². The van der Waals surface area contributed by atoms with Crippen molar-refractivity contribution in [3.63, 3.8) is 0 Å². The summed E-state index contributed by atoms with van der Waals surface area (Å²) in [7, 11) is -2.38. The molecule has 0 saturated heterocycles. The molecule has 2 rings (SSSR count). The van der Waals surface area contributed by atoms with Gasteiger partial charge in [-0.15, -0.1) is 0 Å². The Morgan fingerprint density at radius 1 is 1.38 bits per heavy atom. The number of benzene rings is 1. The third-order valence-electron chi connectivity index (χ3n) is 2.64. The van der Waals surface area contributed by atoms with Crippen LogP contribution in [0.3, 0.4) is 0 Å². The van der Waals surface area contributed by atoms with Gasteiger partial charge < -0.3 is 4.74 Å². The molecule has 0 aliphatic heterocycles. The molecule has 1 heterocycles. The summed E-state index contributed by atoms with van der Waals surface area (Å²) >= 11 is 9.14. The topological polar surface area (TPSA) is 68.3 Å². The van der Waals surface area contributed by atoms with Gasteiger partial charge in [0.1, 0.15) is 4.90 Å². The number of aromatic nitrogens is 1. The molecule has 21 heavy (non-hydrogen) atoms. The summed E-state index contributed by atoms with van der Waals surface area (Å²) < 4.78 is 32.9. The van der Waals surface area contributed by atoms with Crippen LogP contribution >= 0.6 is 27.5 Å². The van der Waals surface area contributed by atoms with Crippen molar-refractivity contribution >= 4 is 37.6 Å². The number of ether oxygens (including phenoxy) is 1. The van der Waals surface area contributed by atoms with E-state index in [2.05, 4.69) is 25.6 Å². The molecule has 112 valence electrons. The Balaban J connectivity index is 2.32. The van der Waals surface area contributed by atoms with Crippen LogP contribution in [0.25, 0.3) is 0 Å². The number of halogens is 2. The molecule has 1 aromatic heterocycles. The number of hydrogen-bond acceptors (Lipinski definition) is 4. The van der Waals surface area contributed by atoms with E-state index in [0.717, 1.165) is 0 Å². The number of methoxy groups -OCH3 is 1. The second kappa shape index (κ2) is 6.74. The average Bonchev–Trinajstić information content (AvgIpc) is 2.46. The van der Waals surface area contributed by atoms with Crippen LogP contribution in [-0.4, -0.2) is 20.5 Å². The predicted molar refractivity (Wildman–Crippen MR) is 84.0 cm³/mol. The van der Waals surface area contributed by atoms with Crippen molar-refractivity contribution in [1.29, 1.82) is 0 Å². The number of pyridine rings is 1. The van der Waals surface area contributed by atoms with E-state index in [9.17, 15) is 8.42 Å². The first-order valence-electron chi connectivity index (χ1n) is 5.86. The van der Waals surface area contributed by atoms with Gasteiger partial charge >= 0.3 is 0 Å². The molecule has 2 aromatic rings. The fraction of sp³-hybridized carbons (Fsp3) is 0.154. The van der Waals surface area contributed by atoms with Crippen molar-refractivity contribution in [2.24, 2.45) is 0 Å². The third-order valence-corrected chi connectivity index (χ3v) is 4.85. The number of rotatable bonds is 5. The summed E-state index contributed by atoms with van der Waals surface area (Å²) in [6, 6.07) is 8.18. The number of nitrogens with one attached hydrogen (secondary N) is 1. The largest absolute Gasteiger partial charge is 0.494 e. The van der Waals surface area contributed by atoms with E-state index in [-0.39, 0.29) is 17.2 Å². The minimum absolute atomic E-state index is 0.0275. The quantitative estimate of drug-likeness (QED) is 0.851. The van der Waals surface area contributed by atoms with Crippen LogP contribution in [0.1, 0.15) is 5.69 Å². The highest BCUT2D eigenvalue weighted by Crippen LogP contribution is 2.35. The zero-order valence-corrected chi connectivity index (χ0v) is 14.2. The normalized spacial score (nSPS) is 11.4. The summed E-state index contributed by atoms with van der Waals surface area (Å²) in [6.07, 6.45) is 1.60. The van der Waals surface area contributed by atoms with Gasteiger partial charge in [-0.05, 0) is 40.2 Å². The molecule has 0 atom stereocenters. The highest BCUT2D eigenvalue weighted by Gasteiger charge is 2.22. The Bertz CT molecular complexity index is 739. The van der Waals surface area contributed by atoms with Gasteiger partial charge in [-0.3, -0.25) is 4.98 Å². The van der Waals surface area contributed by atoms with E-state index in [1.165, 1.54) is 13.2 Å². The fourth-order valence-corrected chi connectivity index (χ4v) is 4.06. The van der Waals surface area contributed by atoms with Gasteiger partial charge in [0.05, 0.1) is 23.8 Å². The molecule has 0 radical (unpaired) electrons. The highest BCUT2D eigenvalue weighted by molar-refractivity contribution is 9.10. The number of hydrogen-bond donors (Lipinski definition) is 1. The van der Waals surface area contributed by atoms with Gasteiger partial charge in [-0.2, -0.15) is 0 Å². The van der Waals surface area contributed by atoms with Crippen LogP contribution in [0.15, 0.2) is 45.9 Å². The molecule has 0 unspecified atom stereocenters. The molecule has 0 aliphatic rings. The summed E-state index contributed by atoms with van der Waals surface area (Å²) in [6.45, 7) is 0.0798. The van der Waals surface area contributed by atoms with Gasteiger partial charge in [0.25, 0.3) is 0 Å². The first-order chi connectivity index (χ1) is 9.94. The SMILES string of the molecule is COc1c(Br)cc(Cl)cc1S(=O)(=O)NCc1ccccn1. The van der Waals surface area contributed by atoms with Crippen molar-refractivity contribution in [1.82, 2.24) is 9.71 Å². The molecule has 0 spiro atoms. The van der Waals surface area contributed by atoms with Crippen LogP contribution < -0.4 is 9.46 Å². The van der Waals surface area contributed by atoms with E-state index in [1.807, 2.05) is 0 Å². The maximum Gasteiger partial charge on any atom is 0.244 e. The van der Waals surface area contributed by atoms with Gasteiger partial charge in [-0.25, -0.2) is 13.1 Å². The number of sulfonamides is 1. The molecule has 0 aliphatic carbocycles. The van der Waals surface area contributed by atoms with Crippen molar-refractivity contribution in [3.8, 4) is 5.75 Å². The van der Waals surface area contributed by atoms with Crippen LogP contribution in [0, 0.1) is 0 Å². The van der Waals surface area contributed by atoms with Crippen molar-refractivity contribution < 1.29 is 13.2 Å². The lowest BCUT2D eigenvalue weighted by Gasteiger charge is -2.12. The minimum atomic E-state index is -3.78. The lowest BCUT2D eigenvalue weighted by molar-refractivity contribution is 0.399. The maximum absolute atomic E-state index is 12.4. The third kappa shape index (κ3) is 3.94. The Morgan fingerprint density at radius 2 is 2.14 bits per heavy atom. The summed E-state index contributed by atoms with van der Waals surface area (Å²) in [5, 5.41) is 0.292. The van der Waals surface area contributed by atoms with Crippen LogP contribution in [0.5, 0.6) is 5.75 Å². The summed E-state index contributed by atoms with van der Waals surface area (Å²) in [4.78, 5) is 4.03. The van der Waals surface area contributed by atoms with Crippen molar-refractivity contribution in [2.45, 2.75) is 11.4 Å². The molecular weight excluding hydrogens is 380 g/mol. The second-order valence-electron chi connectivity index (χ2n) is 4.06. The Labute approximate surface area is 136 Å². The van der Waals surface area contributed by atoms with Crippen molar-refractivity contribution in [2.75, 3.05) is 7.11 Å². The van der Waals surface area contributed by atoms with Gasteiger partial charge in [-0.1, -0.05) is 17.7 Å². The summed E-state index contributed by atoms with van der Waals surface area (Å²) in [5.41, 5.74) is 0.612. The van der Waals surface area contributed by atoms with Crippen LogP contribution in [0.4, 0.5) is 0 Å². The lowest BCUT2D eigenvalue weighted by Crippen LogP contribution is -2.24. The molecule has 8 heteroatoms. The molecule has 0 bridgehead atoms. The minimum Gasteiger partial charge on any atom is -0.494 e. The maximum atomic E-state index is 12.4. The van der Waals surface area contributed by atoms with Gasteiger partial charge in [0.15, 0.2) is 5.75 Å². The zero-order valence-electron chi connectivity index (χ0n) is 11.0. The monoisotopic (exact) mass is 390 g/mol. The van der Waals surface area contributed by atoms with Gasteiger partial charge in [0.2, 0.25) is 10.0 Å². The molecule has 1 N–H and O–H groups in total. The summed E-state index contributed by atoms with van der Waals surface area (Å²) in [5.74, 6) is 0.202. The Hall–Kier alpha value is -1.15. The molecule has 0 amide bonds. The van der Waals surface area contributed by atoms with E-state index >= 15 is 0 Å². The average molecular weight is 392 g/mol. The number of nitrogens with zero attached hydrogens (tertiary/aromatic N) is 1. The molecule has 5 nitrogen and oxygen atoms in total. The van der Waals surface area contributed by atoms with Crippen LogP contribution in [-0.2, 0) is 16.6 Å². The van der Waals surface area contributed by atoms with E-state index in [4.69, 9.17) is 16.3 Å². The first-order valence-corrected chi connectivity index (χ1v) is 8.52. The lowest BCUT2D eigenvalue weighted by atomic mass is 10.3. The predicted octanol–water partition coefficient (Wildman–Crippen LogP) is 2.98. The Kier molecular flexibility index (Phi) is 5.21.